The van der Waals surface area contributed by atoms with E-state index in [0.717, 1.165) is 0 Å². The minimum atomic E-state index is -3.77. The number of methoxy groups -OCH3 is 1. The summed E-state index contributed by atoms with van der Waals surface area (Å²) in [5.41, 5.74) is -0.472. The molecule has 0 aliphatic rings. The molecule has 0 unspecified atom stereocenters. The predicted molar refractivity (Wildman–Crippen MR) is 94.9 cm³/mol. The zero-order valence-corrected chi connectivity index (χ0v) is 16.3. The topological polar surface area (TPSA) is 84.5 Å². The van der Waals surface area contributed by atoms with Crippen LogP contribution in [0.3, 0.4) is 0 Å². The SMILES string of the molecule is CNC(=O)c1cc(S(=O)(=O)NC(C)(C)CC(C)(C)C)ccc1OC. The van der Waals surface area contributed by atoms with Gasteiger partial charge in [-0.2, -0.15) is 0 Å². The van der Waals surface area contributed by atoms with Crippen LogP contribution in [0.5, 0.6) is 5.75 Å². The molecular weight excluding hydrogens is 328 g/mol. The largest absolute Gasteiger partial charge is 0.496 e. The van der Waals surface area contributed by atoms with Crippen molar-refractivity contribution in [3.05, 3.63) is 23.8 Å². The maximum Gasteiger partial charge on any atom is 0.254 e. The average molecular weight is 356 g/mol. The molecule has 7 heteroatoms. The van der Waals surface area contributed by atoms with Crippen molar-refractivity contribution >= 4 is 15.9 Å². The normalized spacial score (nSPS) is 12.8. The van der Waals surface area contributed by atoms with Crippen LogP contribution in [0.15, 0.2) is 23.1 Å². The maximum atomic E-state index is 12.7. The first-order valence-electron chi connectivity index (χ1n) is 7.75. The standard InChI is InChI=1S/C17H28N2O4S/c1-16(2,3)11-17(4,5)19-24(21,22)12-8-9-14(23-7)13(10-12)15(20)18-6/h8-10,19H,11H2,1-7H3,(H,18,20). The summed E-state index contributed by atoms with van der Waals surface area (Å²) < 4.78 is 33.3. The van der Waals surface area contributed by atoms with Crippen LogP contribution in [-0.4, -0.2) is 34.0 Å². The summed E-state index contributed by atoms with van der Waals surface area (Å²) in [5, 5.41) is 2.48. The molecule has 1 aromatic carbocycles. The van der Waals surface area contributed by atoms with Crippen LogP contribution in [-0.2, 0) is 10.0 Å². The van der Waals surface area contributed by atoms with Crippen LogP contribution in [0.25, 0.3) is 0 Å². The number of hydrogen-bond acceptors (Lipinski definition) is 4. The van der Waals surface area contributed by atoms with Crippen molar-refractivity contribution in [2.45, 2.75) is 51.5 Å². The lowest BCUT2D eigenvalue weighted by molar-refractivity contribution is 0.0960. The lowest BCUT2D eigenvalue weighted by Crippen LogP contribution is -2.45. The van der Waals surface area contributed by atoms with Gasteiger partial charge in [-0.1, -0.05) is 20.8 Å². The number of nitrogens with one attached hydrogen (secondary N) is 2. The highest BCUT2D eigenvalue weighted by atomic mass is 32.2. The quantitative estimate of drug-likeness (QED) is 0.820. The summed E-state index contributed by atoms with van der Waals surface area (Å²) in [7, 11) is -0.854. The Bertz CT molecular complexity index is 704. The van der Waals surface area contributed by atoms with Gasteiger partial charge >= 0.3 is 0 Å². The van der Waals surface area contributed by atoms with E-state index in [-0.39, 0.29) is 15.9 Å². The molecule has 0 fully saturated rings. The fourth-order valence-electron chi connectivity index (χ4n) is 2.95. The molecule has 0 bridgehead atoms. The molecule has 1 amide bonds. The third kappa shape index (κ3) is 5.49. The van der Waals surface area contributed by atoms with Crippen molar-refractivity contribution in [1.29, 1.82) is 0 Å². The van der Waals surface area contributed by atoms with E-state index in [0.29, 0.717) is 12.2 Å². The van der Waals surface area contributed by atoms with Crippen molar-refractivity contribution in [3.63, 3.8) is 0 Å². The van der Waals surface area contributed by atoms with E-state index >= 15 is 0 Å². The van der Waals surface area contributed by atoms with E-state index in [1.54, 1.807) is 0 Å². The fourth-order valence-corrected chi connectivity index (χ4v) is 4.39. The Balaban J connectivity index is 3.22. The van der Waals surface area contributed by atoms with Crippen LogP contribution in [0, 0.1) is 5.41 Å². The van der Waals surface area contributed by atoms with Gasteiger partial charge in [-0.25, -0.2) is 13.1 Å². The number of carbonyl (C=O) groups is 1. The third-order valence-corrected chi connectivity index (χ3v) is 5.03. The van der Waals surface area contributed by atoms with E-state index in [1.165, 1.54) is 32.4 Å². The fraction of sp³-hybridized carbons (Fsp3) is 0.588. The molecule has 2 N–H and O–H groups in total. The van der Waals surface area contributed by atoms with Gasteiger partial charge in [0, 0.05) is 12.6 Å². The molecule has 1 aromatic rings. The summed E-state index contributed by atoms with van der Waals surface area (Å²) in [6, 6.07) is 4.24. The molecule has 0 aromatic heterocycles. The molecule has 24 heavy (non-hydrogen) atoms. The first-order valence-corrected chi connectivity index (χ1v) is 9.24. The summed E-state index contributed by atoms with van der Waals surface area (Å²) in [4.78, 5) is 12.0. The number of sulfonamides is 1. The monoisotopic (exact) mass is 356 g/mol. The molecule has 0 atom stereocenters. The Morgan fingerprint density at radius 1 is 1.17 bits per heavy atom. The van der Waals surface area contributed by atoms with Crippen molar-refractivity contribution in [2.24, 2.45) is 5.41 Å². The summed E-state index contributed by atoms with van der Waals surface area (Å²) in [6.45, 7) is 9.86. The highest BCUT2D eigenvalue weighted by Gasteiger charge is 2.31. The summed E-state index contributed by atoms with van der Waals surface area (Å²) in [6.07, 6.45) is 0.664. The number of carbonyl (C=O) groups excluding carboxylic acids is 1. The number of ether oxygens (including phenoxy) is 1. The molecule has 0 radical (unpaired) electrons. The van der Waals surface area contributed by atoms with Crippen LogP contribution in [0.1, 0.15) is 51.4 Å². The van der Waals surface area contributed by atoms with Gasteiger partial charge in [0.15, 0.2) is 0 Å². The number of hydrogen-bond donors (Lipinski definition) is 2. The van der Waals surface area contributed by atoms with E-state index in [1.807, 2.05) is 13.8 Å². The average Bonchev–Trinajstić information content (AvgIpc) is 2.41. The Hall–Kier alpha value is -1.60. The number of benzene rings is 1. The smallest absolute Gasteiger partial charge is 0.254 e. The summed E-state index contributed by atoms with van der Waals surface area (Å²) >= 11 is 0. The third-order valence-electron chi connectivity index (χ3n) is 3.34. The lowest BCUT2D eigenvalue weighted by atomic mass is 9.82. The van der Waals surface area contributed by atoms with E-state index in [9.17, 15) is 13.2 Å². The minimum Gasteiger partial charge on any atom is -0.496 e. The van der Waals surface area contributed by atoms with Crippen LogP contribution >= 0.6 is 0 Å². The first-order chi connectivity index (χ1) is 10.8. The Morgan fingerprint density at radius 3 is 2.21 bits per heavy atom. The van der Waals surface area contributed by atoms with Crippen LogP contribution in [0.2, 0.25) is 0 Å². The van der Waals surface area contributed by atoms with Crippen molar-refractivity contribution < 1.29 is 17.9 Å². The second kappa shape index (κ2) is 7.11. The predicted octanol–water partition coefficient (Wildman–Crippen LogP) is 2.55. The lowest BCUT2D eigenvalue weighted by Gasteiger charge is -2.33. The molecule has 0 aliphatic heterocycles. The second-order valence-electron chi connectivity index (χ2n) is 7.67. The number of amides is 1. The van der Waals surface area contributed by atoms with Gasteiger partial charge in [0.2, 0.25) is 10.0 Å². The maximum absolute atomic E-state index is 12.7. The van der Waals surface area contributed by atoms with Gasteiger partial charge in [0.1, 0.15) is 5.75 Å². The molecule has 0 heterocycles. The Kier molecular flexibility index (Phi) is 6.05. The van der Waals surface area contributed by atoms with E-state index < -0.39 is 21.5 Å². The molecule has 0 saturated heterocycles. The molecule has 6 nitrogen and oxygen atoms in total. The van der Waals surface area contributed by atoms with E-state index in [2.05, 4.69) is 30.8 Å². The first kappa shape index (κ1) is 20.4. The second-order valence-corrected chi connectivity index (χ2v) is 9.35. The highest BCUT2D eigenvalue weighted by Crippen LogP contribution is 2.29. The van der Waals surface area contributed by atoms with Gasteiger partial charge < -0.3 is 10.1 Å². The molecular formula is C17H28N2O4S. The zero-order valence-electron chi connectivity index (χ0n) is 15.5. The molecule has 0 spiro atoms. The molecule has 0 saturated carbocycles. The van der Waals surface area contributed by atoms with Gasteiger partial charge in [-0.05, 0) is 43.9 Å². The Morgan fingerprint density at radius 2 is 1.75 bits per heavy atom. The van der Waals surface area contributed by atoms with Gasteiger partial charge in [0.25, 0.3) is 5.91 Å². The van der Waals surface area contributed by atoms with Crippen molar-refractivity contribution in [2.75, 3.05) is 14.2 Å². The van der Waals surface area contributed by atoms with Crippen LogP contribution < -0.4 is 14.8 Å². The molecule has 1 rings (SSSR count). The van der Waals surface area contributed by atoms with Gasteiger partial charge in [-0.15, -0.1) is 0 Å². The van der Waals surface area contributed by atoms with Gasteiger partial charge in [0.05, 0.1) is 17.6 Å². The van der Waals surface area contributed by atoms with Gasteiger partial charge in [-0.3, -0.25) is 4.79 Å². The van der Waals surface area contributed by atoms with Crippen molar-refractivity contribution in [1.82, 2.24) is 10.0 Å². The minimum absolute atomic E-state index is 0.0286. The molecule has 136 valence electrons. The summed E-state index contributed by atoms with van der Waals surface area (Å²) in [5.74, 6) is -0.0832. The Labute approximate surface area is 145 Å². The molecule has 0 aliphatic carbocycles. The highest BCUT2D eigenvalue weighted by molar-refractivity contribution is 7.89. The van der Waals surface area contributed by atoms with E-state index in [4.69, 9.17) is 4.74 Å². The van der Waals surface area contributed by atoms with Crippen molar-refractivity contribution in [3.8, 4) is 5.75 Å². The number of rotatable bonds is 6. The zero-order chi connectivity index (χ0) is 18.8. The van der Waals surface area contributed by atoms with Crippen LogP contribution in [0.4, 0.5) is 0 Å².